The predicted octanol–water partition coefficient (Wildman–Crippen LogP) is 4.14. The van der Waals surface area contributed by atoms with Crippen LogP contribution in [0, 0.1) is 0 Å². The second-order valence-electron chi connectivity index (χ2n) is 4.66. The SMILES string of the molecule is CC[C@H](Oc1ccccc1)C(=O)Nc1cc(Cl)ccc1OC. The normalized spacial score (nSPS) is 11.6. The van der Waals surface area contributed by atoms with Crippen LogP contribution in [0.1, 0.15) is 13.3 Å². The summed E-state index contributed by atoms with van der Waals surface area (Å²) in [5.74, 6) is 0.960. The number of rotatable bonds is 6. The van der Waals surface area contributed by atoms with Gasteiger partial charge in [0.05, 0.1) is 12.8 Å². The van der Waals surface area contributed by atoms with Crippen molar-refractivity contribution in [3.8, 4) is 11.5 Å². The first kappa shape index (κ1) is 16.2. The molecule has 22 heavy (non-hydrogen) atoms. The van der Waals surface area contributed by atoms with Crippen molar-refractivity contribution < 1.29 is 14.3 Å². The Labute approximate surface area is 135 Å². The van der Waals surface area contributed by atoms with Gasteiger partial charge in [-0.05, 0) is 36.8 Å². The molecule has 0 aliphatic rings. The van der Waals surface area contributed by atoms with E-state index in [4.69, 9.17) is 21.1 Å². The van der Waals surface area contributed by atoms with Crippen molar-refractivity contribution in [2.75, 3.05) is 12.4 Å². The molecule has 0 bridgehead atoms. The number of anilines is 1. The molecule has 0 aliphatic heterocycles. The summed E-state index contributed by atoms with van der Waals surface area (Å²) < 4.78 is 10.9. The molecule has 5 heteroatoms. The van der Waals surface area contributed by atoms with E-state index in [-0.39, 0.29) is 5.91 Å². The Bertz CT molecular complexity index is 631. The number of nitrogens with one attached hydrogen (secondary N) is 1. The van der Waals surface area contributed by atoms with Gasteiger partial charge in [-0.15, -0.1) is 0 Å². The molecule has 0 radical (unpaired) electrons. The van der Waals surface area contributed by atoms with Gasteiger partial charge in [-0.1, -0.05) is 36.7 Å². The first-order valence-electron chi connectivity index (χ1n) is 7.00. The maximum Gasteiger partial charge on any atom is 0.265 e. The van der Waals surface area contributed by atoms with Crippen LogP contribution < -0.4 is 14.8 Å². The molecule has 4 nitrogen and oxygen atoms in total. The molecule has 0 fully saturated rings. The fraction of sp³-hybridized carbons (Fsp3) is 0.235. The lowest BCUT2D eigenvalue weighted by atomic mass is 10.2. The average Bonchev–Trinajstić information content (AvgIpc) is 2.53. The van der Waals surface area contributed by atoms with Crippen molar-refractivity contribution in [3.63, 3.8) is 0 Å². The minimum absolute atomic E-state index is 0.244. The van der Waals surface area contributed by atoms with Gasteiger partial charge < -0.3 is 14.8 Å². The van der Waals surface area contributed by atoms with Gasteiger partial charge in [0.1, 0.15) is 11.5 Å². The van der Waals surface area contributed by atoms with Gasteiger partial charge in [0.25, 0.3) is 5.91 Å². The molecule has 0 aliphatic carbocycles. The van der Waals surface area contributed by atoms with Crippen LogP contribution in [-0.2, 0) is 4.79 Å². The lowest BCUT2D eigenvalue weighted by Crippen LogP contribution is -2.32. The number of para-hydroxylation sites is 1. The summed E-state index contributed by atoms with van der Waals surface area (Å²) in [6, 6.07) is 14.3. The monoisotopic (exact) mass is 319 g/mol. The van der Waals surface area contributed by atoms with E-state index >= 15 is 0 Å². The summed E-state index contributed by atoms with van der Waals surface area (Å²) in [5.41, 5.74) is 0.523. The molecule has 0 unspecified atom stereocenters. The third-order valence-electron chi connectivity index (χ3n) is 3.10. The van der Waals surface area contributed by atoms with E-state index in [2.05, 4.69) is 5.32 Å². The summed E-state index contributed by atoms with van der Waals surface area (Å²) in [6.07, 6.45) is -0.0463. The Kier molecular flexibility index (Phi) is 5.67. The average molecular weight is 320 g/mol. The van der Waals surface area contributed by atoms with Crippen molar-refractivity contribution >= 4 is 23.2 Å². The molecule has 1 N–H and O–H groups in total. The molecule has 116 valence electrons. The molecule has 0 heterocycles. The molecular formula is C17H18ClNO3. The number of benzene rings is 2. The van der Waals surface area contributed by atoms with Gasteiger partial charge in [0, 0.05) is 5.02 Å². The highest BCUT2D eigenvalue weighted by atomic mass is 35.5. The predicted molar refractivity (Wildman–Crippen MR) is 87.8 cm³/mol. The lowest BCUT2D eigenvalue weighted by molar-refractivity contribution is -0.122. The summed E-state index contributed by atoms with van der Waals surface area (Å²) >= 11 is 5.96. The van der Waals surface area contributed by atoms with Gasteiger partial charge in [-0.3, -0.25) is 4.79 Å². The Balaban J connectivity index is 2.11. The van der Waals surface area contributed by atoms with Gasteiger partial charge in [0.15, 0.2) is 6.10 Å². The maximum atomic E-state index is 12.4. The quantitative estimate of drug-likeness (QED) is 0.870. The number of hydrogen-bond donors (Lipinski definition) is 1. The van der Waals surface area contributed by atoms with Crippen molar-refractivity contribution in [1.29, 1.82) is 0 Å². The van der Waals surface area contributed by atoms with Crippen molar-refractivity contribution in [3.05, 3.63) is 53.6 Å². The van der Waals surface area contributed by atoms with Crippen LogP contribution in [0.4, 0.5) is 5.69 Å². The van der Waals surface area contributed by atoms with Gasteiger partial charge in [-0.25, -0.2) is 0 Å². The molecule has 2 aromatic rings. The number of methoxy groups -OCH3 is 1. The van der Waals surface area contributed by atoms with Crippen LogP contribution in [0.5, 0.6) is 11.5 Å². The van der Waals surface area contributed by atoms with E-state index in [0.717, 1.165) is 0 Å². The van der Waals surface area contributed by atoms with Crippen LogP contribution in [-0.4, -0.2) is 19.1 Å². The molecule has 2 rings (SSSR count). The molecule has 0 spiro atoms. The van der Waals surface area contributed by atoms with E-state index < -0.39 is 6.10 Å². The van der Waals surface area contributed by atoms with Crippen molar-refractivity contribution in [1.82, 2.24) is 0 Å². The fourth-order valence-corrected chi connectivity index (χ4v) is 2.15. The molecule has 1 amide bonds. The largest absolute Gasteiger partial charge is 0.495 e. The minimum Gasteiger partial charge on any atom is -0.495 e. The standard InChI is InChI=1S/C17H18ClNO3/c1-3-15(22-13-7-5-4-6-8-13)17(20)19-14-11-12(18)9-10-16(14)21-2/h4-11,15H,3H2,1-2H3,(H,19,20)/t15-/m0/s1. The summed E-state index contributed by atoms with van der Waals surface area (Å²) in [7, 11) is 1.54. The molecule has 1 atom stereocenters. The maximum absolute atomic E-state index is 12.4. The minimum atomic E-state index is -0.592. The highest BCUT2D eigenvalue weighted by Crippen LogP contribution is 2.28. The second kappa shape index (κ2) is 7.71. The zero-order chi connectivity index (χ0) is 15.9. The molecule has 0 saturated heterocycles. The second-order valence-corrected chi connectivity index (χ2v) is 5.10. The van der Waals surface area contributed by atoms with Crippen molar-refractivity contribution in [2.45, 2.75) is 19.4 Å². The number of ether oxygens (including phenoxy) is 2. The van der Waals surface area contributed by atoms with E-state index in [1.54, 1.807) is 18.2 Å². The van der Waals surface area contributed by atoms with Crippen LogP contribution >= 0.6 is 11.6 Å². The summed E-state index contributed by atoms with van der Waals surface area (Å²) in [4.78, 5) is 12.4. The Morgan fingerprint density at radius 1 is 1.23 bits per heavy atom. The topological polar surface area (TPSA) is 47.6 Å². The fourth-order valence-electron chi connectivity index (χ4n) is 1.98. The smallest absolute Gasteiger partial charge is 0.265 e. The van der Waals surface area contributed by atoms with Crippen LogP contribution in [0.15, 0.2) is 48.5 Å². The van der Waals surface area contributed by atoms with Gasteiger partial charge in [-0.2, -0.15) is 0 Å². The first-order valence-corrected chi connectivity index (χ1v) is 7.38. The van der Waals surface area contributed by atoms with E-state index in [1.807, 2.05) is 37.3 Å². The number of carbonyl (C=O) groups is 1. The molecule has 0 saturated carbocycles. The third kappa shape index (κ3) is 4.15. The van der Waals surface area contributed by atoms with E-state index in [1.165, 1.54) is 7.11 Å². The van der Waals surface area contributed by atoms with Crippen LogP contribution in [0.2, 0.25) is 5.02 Å². The van der Waals surface area contributed by atoms with Crippen LogP contribution in [0.3, 0.4) is 0 Å². The lowest BCUT2D eigenvalue weighted by Gasteiger charge is -2.18. The van der Waals surface area contributed by atoms with Crippen molar-refractivity contribution in [2.24, 2.45) is 0 Å². The number of halogens is 1. The highest BCUT2D eigenvalue weighted by Gasteiger charge is 2.20. The summed E-state index contributed by atoms with van der Waals surface area (Å²) in [5, 5.41) is 3.32. The molecule has 0 aromatic heterocycles. The Morgan fingerprint density at radius 2 is 1.95 bits per heavy atom. The number of amides is 1. The van der Waals surface area contributed by atoms with Crippen LogP contribution in [0.25, 0.3) is 0 Å². The van der Waals surface area contributed by atoms with Gasteiger partial charge >= 0.3 is 0 Å². The highest BCUT2D eigenvalue weighted by molar-refractivity contribution is 6.31. The van der Waals surface area contributed by atoms with E-state index in [0.29, 0.717) is 28.6 Å². The zero-order valence-corrected chi connectivity index (χ0v) is 13.3. The molecule has 2 aromatic carbocycles. The Morgan fingerprint density at radius 3 is 2.59 bits per heavy atom. The van der Waals surface area contributed by atoms with Gasteiger partial charge in [0.2, 0.25) is 0 Å². The number of carbonyl (C=O) groups excluding carboxylic acids is 1. The summed E-state index contributed by atoms with van der Waals surface area (Å²) in [6.45, 7) is 1.89. The molecular weight excluding hydrogens is 302 g/mol. The first-order chi connectivity index (χ1) is 10.6. The third-order valence-corrected chi connectivity index (χ3v) is 3.34. The Hall–Kier alpha value is -2.20. The van der Waals surface area contributed by atoms with E-state index in [9.17, 15) is 4.79 Å². The zero-order valence-electron chi connectivity index (χ0n) is 12.5. The number of hydrogen-bond acceptors (Lipinski definition) is 3.